The molecule has 0 heterocycles. The standard InChI is InChI=1S/C15H24O2/c1-4-6-7-9-13-11(3)15(17)14(16)10-12(13)8-5-2/h10,16-17H,4-9H2,1-3H3. The second kappa shape index (κ2) is 6.53. The van der Waals surface area contributed by atoms with Crippen LogP contribution in [0.25, 0.3) is 0 Å². The monoisotopic (exact) mass is 236 g/mol. The maximum absolute atomic E-state index is 9.79. The van der Waals surface area contributed by atoms with Crippen molar-refractivity contribution in [3.63, 3.8) is 0 Å². The largest absolute Gasteiger partial charge is 0.504 e. The number of phenols is 2. The van der Waals surface area contributed by atoms with Crippen LogP contribution in [0.1, 0.15) is 56.2 Å². The molecule has 2 nitrogen and oxygen atoms in total. The number of benzene rings is 1. The molecule has 0 saturated heterocycles. The van der Waals surface area contributed by atoms with Crippen molar-refractivity contribution in [3.05, 3.63) is 22.8 Å². The highest BCUT2D eigenvalue weighted by molar-refractivity contribution is 5.52. The number of hydrogen-bond donors (Lipinski definition) is 2. The first kappa shape index (κ1) is 13.9. The molecule has 1 aromatic rings. The first-order valence-electron chi connectivity index (χ1n) is 6.65. The minimum atomic E-state index is 0.0187. The van der Waals surface area contributed by atoms with Crippen molar-refractivity contribution in [2.75, 3.05) is 0 Å². The Morgan fingerprint density at radius 2 is 1.71 bits per heavy atom. The maximum Gasteiger partial charge on any atom is 0.160 e. The summed E-state index contributed by atoms with van der Waals surface area (Å²) in [5.41, 5.74) is 3.27. The lowest BCUT2D eigenvalue weighted by atomic mass is 9.93. The summed E-state index contributed by atoms with van der Waals surface area (Å²) < 4.78 is 0. The minimum absolute atomic E-state index is 0.0187. The zero-order valence-electron chi connectivity index (χ0n) is 11.2. The molecule has 0 fully saturated rings. The van der Waals surface area contributed by atoms with E-state index < -0.39 is 0 Å². The van der Waals surface area contributed by atoms with Gasteiger partial charge in [0.05, 0.1) is 0 Å². The van der Waals surface area contributed by atoms with Crippen LogP contribution < -0.4 is 0 Å². The summed E-state index contributed by atoms with van der Waals surface area (Å²) in [6, 6.07) is 1.73. The van der Waals surface area contributed by atoms with Crippen molar-refractivity contribution in [1.82, 2.24) is 0 Å². The van der Waals surface area contributed by atoms with Crippen LogP contribution >= 0.6 is 0 Å². The Bertz CT molecular complexity index is 370. The van der Waals surface area contributed by atoms with E-state index in [0.29, 0.717) is 0 Å². The molecular formula is C15H24O2. The predicted octanol–water partition coefficient (Wildman–Crippen LogP) is 4.09. The fraction of sp³-hybridized carbons (Fsp3) is 0.600. The molecule has 0 amide bonds. The summed E-state index contributed by atoms with van der Waals surface area (Å²) in [5.74, 6) is 0.0709. The molecule has 0 spiro atoms. The number of aromatic hydroxyl groups is 2. The third-order valence-corrected chi connectivity index (χ3v) is 3.30. The van der Waals surface area contributed by atoms with Crippen molar-refractivity contribution >= 4 is 0 Å². The van der Waals surface area contributed by atoms with E-state index in [-0.39, 0.29) is 11.5 Å². The molecule has 0 atom stereocenters. The van der Waals surface area contributed by atoms with Crippen LogP contribution in [0.15, 0.2) is 6.07 Å². The van der Waals surface area contributed by atoms with Crippen LogP contribution in [0.4, 0.5) is 0 Å². The maximum atomic E-state index is 9.79. The van der Waals surface area contributed by atoms with Gasteiger partial charge in [0.25, 0.3) is 0 Å². The van der Waals surface area contributed by atoms with Crippen LogP contribution in [0.5, 0.6) is 11.5 Å². The van der Waals surface area contributed by atoms with Gasteiger partial charge >= 0.3 is 0 Å². The third-order valence-electron chi connectivity index (χ3n) is 3.30. The van der Waals surface area contributed by atoms with Gasteiger partial charge in [-0.15, -0.1) is 0 Å². The molecule has 0 saturated carbocycles. The molecule has 0 unspecified atom stereocenters. The van der Waals surface area contributed by atoms with Crippen molar-refractivity contribution in [2.24, 2.45) is 0 Å². The Kier molecular flexibility index (Phi) is 5.33. The predicted molar refractivity (Wildman–Crippen MR) is 71.7 cm³/mol. The Morgan fingerprint density at radius 1 is 1.00 bits per heavy atom. The van der Waals surface area contributed by atoms with Gasteiger partial charge in [-0.25, -0.2) is 0 Å². The zero-order chi connectivity index (χ0) is 12.8. The Labute approximate surface area is 104 Å². The summed E-state index contributed by atoms with van der Waals surface area (Å²) in [4.78, 5) is 0. The van der Waals surface area contributed by atoms with Crippen molar-refractivity contribution < 1.29 is 10.2 Å². The minimum Gasteiger partial charge on any atom is -0.504 e. The molecule has 2 heteroatoms. The first-order chi connectivity index (χ1) is 8.11. The molecule has 17 heavy (non-hydrogen) atoms. The molecule has 2 N–H and O–H groups in total. The molecule has 1 rings (SSSR count). The highest BCUT2D eigenvalue weighted by Gasteiger charge is 2.13. The van der Waals surface area contributed by atoms with Gasteiger partial charge in [-0.3, -0.25) is 0 Å². The number of aryl methyl sites for hydroxylation is 1. The van der Waals surface area contributed by atoms with Gasteiger partial charge in [-0.2, -0.15) is 0 Å². The summed E-state index contributed by atoms with van der Waals surface area (Å²) >= 11 is 0. The van der Waals surface area contributed by atoms with E-state index in [0.717, 1.165) is 31.2 Å². The fourth-order valence-corrected chi connectivity index (χ4v) is 2.29. The normalized spacial score (nSPS) is 10.8. The van der Waals surface area contributed by atoms with Crippen LogP contribution in [-0.2, 0) is 12.8 Å². The van der Waals surface area contributed by atoms with E-state index in [1.54, 1.807) is 6.07 Å². The van der Waals surface area contributed by atoms with E-state index in [1.165, 1.54) is 24.0 Å². The van der Waals surface area contributed by atoms with Gasteiger partial charge in [0, 0.05) is 0 Å². The summed E-state index contributed by atoms with van der Waals surface area (Å²) in [6.07, 6.45) is 6.60. The second-order valence-electron chi connectivity index (χ2n) is 4.71. The number of unbranched alkanes of at least 4 members (excludes halogenated alkanes) is 2. The van der Waals surface area contributed by atoms with E-state index in [4.69, 9.17) is 0 Å². The molecule has 1 aromatic carbocycles. The average Bonchev–Trinajstić information content (AvgIpc) is 2.31. The molecule has 0 bridgehead atoms. The summed E-state index contributed by atoms with van der Waals surface area (Å²) in [7, 11) is 0. The molecule has 0 aliphatic rings. The van der Waals surface area contributed by atoms with Crippen LogP contribution in [0, 0.1) is 6.92 Å². The third kappa shape index (κ3) is 3.39. The van der Waals surface area contributed by atoms with E-state index >= 15 is 0 Å². The Hall–Kier alpha value is -1.18. The molecule has 0 aliphatic heterocycles. The lowest BCUT2D eigenvalue weighted by Gasteiger charge is -2.15. The van der Waals surface area contributed by atoms with E-state index in [1.807, 2.05) is 6.92 Å². The molecule has 0 aliphatic carbocycles. The van der Waals surface area contributed by atoms with Gasteiger partial charge in [0.2, 0.25) is 0 Å². The van der Waals surface area contributed by atoms with Crippen molar-refractivity contribution in [2.45, 2.75) is 59.3 Å². The van der Waals surface area contributed by atoms with Gasteiger partial charge in [-0.05, 0) is 48.9 Å². The van der Waals surface area contributed by atoms with Gasteiger partial charge < -0.3 is 10.2 Å². The highest BCUT2D eigenvalue weighted by Crippen LogP contribution is 2.34. The molecule has 96 valence electrons. The van der Waals surface area contributed by atoms with Gasteiger partial charge in [-0.1, -0.05) is 33.1 Å². The smallest absolute Gasteiger partial charge is 0.160 e. The number of phenolic OH excluding ortho intramolecular Hbond substituents is 2. The van der Waals surface area contributed by atoms with Gasteiger partial charge in [0.1, 0.15) is 0 Å². The zero-order valence-corrected chi connectivity index (χ0v) is 11.2. The van der Waals surface area contributed by atoms with E-state index in [9.17, 15) is 10.2 Å². The van der Waals surface area contributed by atoms with Gasteiger partial charge in [0.15, 0.2) is 11.5 Å². The summed E-state index contributed by atoms with van der Waals surface area (Å²) in [5, 5.41) is 19.4. The Balaban J connectivity index is 3.01. The topological polar surface area (TPSA) is 40.5 Å². The molecule has 0 aromatic heterocycles. The number of hydrogen-bond acceptors (Lipinski definition) is 2. The van der Waals surface area contributed by atoms with Crippen LogP contribution in [0.2, 0.25) is 0 Å². The lowest BCUT2D eigenvalue weighted by Crippen LogP contribution is -1.99. The van der Waals surface area contributed by atoms with Crippen LogP contribution in [0.3, 0.4) is 0 Å². The quantitative estimate of drug-likeness (QED) is 0.577. The fourth-order valence-electron chi connectivity index (χ4n) is 2.29. The summed E-state index contributed by atoms with van der Waals surface area (Å²) in [6.45, 7) is 6.22. The first-order valence-corrected chi connectivity index (χ1v) is 6.65. The second-order valence-corrected chi connectivity index (χ2v) is 4.71. The highest BCUT2D eigenvalue weighted by atomic mass is 16.3. The number of rotatable bonds is 6. The van der Waals surface area contributed by atoms with Crippen LogP contribution in [-0.4, -0.2) is 10.2 Å². The lowest BCUT2D eigenvalue weighted by molar-refractivity contribution is 0.399. The molecule has 0 radical (unpaired) electrons. The van der Waals surface area contributed by atoms with Crippen molar-refractivity contribution in [3.8, 4) is 11.5 Å². The molecular weight excluding hydrogens is 212 g/mol. The van der Waals surface area contributed by atoms with E-state index in [2.05, 4.69) is 13.8 Å². The SMILES string of the molecule is CCCCCc1c(CCC)cc(O)c(O)c1C. The average molecular weight is 236 g/mol. The van der Waals surface area contributed by atoms with Crippen molar-refractivity contribution in [1.29, 1.82) is 0 Å². The Morgan fingerprint density at radius 3 is 2.29 bits per heavy atom.